The molecule has 0 atom stereocenters. The van der Waals surface area contributed by atoms with Gasteiger partial charge < -0.3 is 9.88 Å². The summed E-state index contributed by atoms with van der Waals surface area (Å²) >= 11 is 0. The molecule has 1 fully saturated rings. The van der Waals surface area contributed by atoms with Gasteiger partial charge in [0, 0.05) is 39.4 Å². The van der Waals surface area contributed by atoms with Crippen LogP contribution in [0.3, 0.4) is 0 Å². The zero-order chi connectivity index (χ0) is 15.3. The van der Waals surface area contributed by atoms with Crippen molar-refractivity contribution in [3.8, 4) is 0 Å². The van der Waals surface area contributed by atoms with Crippen LogP contribution in [-0.2, 0) is 10.0 Å². The lowest BCUT2D eigenvalue weighted by molar-refractivity contribution is 0.386. The number of nitrogens with one attached hydrogen (secondary N) is 1. The van der Waals surface area contributed by atoms with Crippen LogP contribution in [0.4, 0.5) is 5.82 Å². The number of hydrogen-bond acceptors (Lipinski definition) is 5. The topological polar surface area (TPSA) is 86.4 Å². The van der Waals surface area contributed by atoms with Crippen molar-refractivity contribution < 1.29 is 9.84 Å². The van der Waals surface area contributed by atoms with Crippen LogP contribution in [0.15, 0.2) is 11.0 Å². The Balaban J connectivity index is 0.00000128. The van der Waals surface area contributed by atoms with E-state index in [1.165, 1.54) is 16.8 Å². The summed E-state index contributed by atoms with van der Waals surface area (Å²) in [6.07, 6.45) is 2.51. The zero-order valence-corrected chi connectivity index (χ0v) is 12.8. The van der Waals surface area contributed by atoms with Gasteiger partial charge in [0.05, 0.1) is 6.26 Å². The van der Waals surface area contributed by atoms with E-state index in [1.54, 1.807) is 4.90 Å². The van der Waals surface area contributed by atoms with E-state index in [4.69, 9.17) is 7.85 Å². The van der Waals surface area contributed by atoms with E-state index in [0.29, 0.717) is 26.2 Å². The predicted octanol–water partition coefficient (Wildman–Crippen LogP) is -1.08. The number of hydrogen-bond donors (Lipinski definition) is 1. The largest absolute Gasteiger partial charge is 0.349 e. The molecular formula is C11H21BN4O3S. The molecule has 2 radical (unpaired) electrons. The Morgan fingerprint density at radius 2 is 1.85 bits per heavy atom. The van der Waals surface area contributed by atoms with Gasteiger partial charge in [0.1, 0.15) is 7.85 Å². The lowest BCUT2D eigenvalue weighted by atomic mass is 10.1. The Kier molecular flexibility index (Phi) is 5.76. The van der Waals surface area contributed by atoms with Gasteiger partial charge in [-0.15, -0.1) is 0 Å². The molecule has 0 spiro atoms. The highest BCUT2D eigenvalue weighted by Gasteiger charge is 2.25. The summed E-state index contributed by atoms with van der Waals surface area (Å²) in [7, 11) is 2.34. The van der Waals surface area contributed by atoms with Crippen LogP contribution in [0.25, 0.3) is 0 Å². The normalized spacial score (nSPS) is 16.4. The van der Waals surface area contributed by atoms with Gasteiger partial charge in [0.15, 0.2) is 5.82 Å². The third kappa shape index (κ3) is 4.07. The Labute approximate surface area is 122 Å². The number of rotatable bonds is 2. The first-order valence-electron chi connectivity index (χ1n) is 6.43. The summed E-state index contributed by atoms with van der Waals surface area (Å²) in [5.74, 6) is 0.239. The summed E-state index contributed by atoms with van der Waals surface area (Å²) in [6, 6.07) is 0. The second-order valence-electron chi connectivity index (χ2n) is 4.13. The Bertz CT molecular complexity index is 600. The quantitative estimate of drug-likeness (QED) is 0.702. The van der Waals surface area contributed by atoms with Crippen LogP contribution >= 0.6 is 0 Å². The molecule has 0 aliphatic carbocycles. The summed E-state index contributed by atoms with van der Waals surface area (Å²) in [5, 5.41) is 0. The van der Waals surface area contributed by atoms with Gasteiger partial charge in [-0.3, -0.25) is 4.79 Å². The molecule has 1 aliphatic rings. The van der Waals surface area contributed by atoms with Crippen LogP contribution in [-0.4, -0.2) is 63.0 Å². The zero-order valence-electron chi connectivity index (χ0n) is 12.0. The molecular weight excluding hydrogens is 279 g/mol. The van der Waals surface area contributed by atoms with Gasteiger partial charge in [0.2, 0.25) is 10.0 Å². The van der Waals surface area contributed by atoms with Gasteiger partial charge >= 0.3 is 0 Å². The van der Waals surface area contributed by atoms with Crippen molar-refractivity contribution >= 4 is 29.3 Å². The van der Waals surface area contributed by atoms with Gasteiger partial charge in [-0.05, 0) is 0 Å². The van der Waals surface area contributed by atoms with Crippen LogP contribution in [0.2, 0.25) is 0 Å². The molecule has 0 amide bonds. The second-order valence-corrected chi connectivity index (χ2v) is 6.11. The SMILES string of the molecule is CC.[B]c1c[nH]c(=O)c(N2CCN(S(C)(=O)=O)CC2)n1.[HH]. The smallest absolute Gasteiger partial charge is 0.290 e. The summed E-state index contributed by atoms with van der Waals surface area (Å²) < 4.78 is 24.1. The molecule has 2 heterocycles. The predicted molar refractivity (Wildman–Crippen MR) is 82.3 cm³/mol. The number of aromatic nitrogens is 2. The number of anilines is 1. The Morgan fingerprint density at radius 3 is 2.35 bits per heavy atom. The number of aromatic amines is 1. The summed E-state index contributed by atoms with van der Waals surface area (Å²) in [6.45, 7) is 5.53. The van der Waals surface area contributed by atoms with Gasteiger partial charge in [0.25, 0.3) is 5.56 Å². The highest BCUT2D eigenvalue weighted by molar-refractivity contribution is 7.88. The highest BCUT2D eigenvalue weighted by atomic mass is 32.2. The van der Waals surface area contributed by atoms with Crippen molar-refractivity contribution in [1.29, 1.82) is 0 Å². The number of sulfonamides is 1. The monoisotopic (exact) mass is 300 g/mol. The fourth-order valence-electron chi connectivity index (χ4n) is 1.86. The van der Waals surface area contributed by atoms with Crippen molar-refractivity contribution in [2.75, 3.05) is 37.3 Å². The van der Waals surface area contributed by atoms with E-state index in [1.807, 2.05) is 13.8 Å². The van der Waals surface area contributed by atoms with E-state index >= 15 is 0 Å². The maximum Gasteiger partial charge on any atom is 0.290 e. The van der Waals surface area contributed by atoms with Gasteiger partial charge in [-0.2, -0.15) is 4.31 Å². The molecule has 7 nitrogen and oxygen atoms in total. The van der Waals surface area contributed by atoms with E-state index in [-0.39, 0.29) is 18.4 Å². The van der Waals surface area contributed by atoms with Crippen LogP contribution in [0, 0.1) is 0 Å². The number of H-pyrrole nitrogens is 1. The fourth-order valence-corrected chi connectivity index (χ4v) is 2.68. The first-order chi connectivity index (χ1) is 9.38. The highest BCUT2D eigenvalue weighted by Crippen LogP contribution is 2.09. The minimum atomic E-state index is -3.17. The van der Waals surface area contributed by atoms with Crippen molar-refractivity contribution in [1.82, 2.24) is 14.3 Å². The molecule has 0 bridgehead atoms. The molecule has 0 saturated carbocycles. The van der Waals surface area contributed by atoms with E-state index in [9.17, 15) is 13.2 Å². The van der Waals surface area contributed by atoms with Crippen LogP contribution in [0.1, 0.15) is 15.3 Å². The van der Waals surface area contributed by atoms with Crippen LogP contribution < -0.4 is 16.1 Å². The number of piperazine rings is 1. The standard InChI is InChI=1S/C9H13BN4O3S.C2H6.H2/c1-18(16,17)14-4-2-13(3-5-14)8-9(15)11-6-7(10)12-8;1-2;/h6H,2-5H2,1H3,(H,11,15);1-2H3;1H. The molecule has 0 unspecified atom stereocenters. The molecule has 0 aromatic carbocycles. The minimum absolute atomic E-state index is 0. The van der Waals surface area contributed by atoms with Crippen LogP contribution in [0.5, 0.6) is 0 Å². The van der Waals surface area contributed by atoms with E-state index in [2.05, 4.69) is 9.97 Å². The third-order valence-corrected chi connectivity index (χ3v) is 4.10. The molecule has 1 aromatic heterocycles. The van der Waals surface area contributed by atoms with Gasteiger partial charge in [-0.25, -0.2) is 13.4 Å². The fraction of sp³-hybridized carbons (Fsp3) is 0.636. The van der Waals surface area contributed by atoms with Gasteiger partial charge in [-0.1, -0.05) is 13.8 Å². The first-order valence-corrected chi connectivity index (χ1v) is 8.28. The molecule has 112 valence electrons. The van der Waals surface area contributed by atoms with Crippen molar-refractivity contribution in [2.24, 2.45) is 0 Å². The summed E-state index contributed by atoms with van der Waals surface area (Å²) in [4.78, 5) is 19.8. The minimum Gasteiger partial charge on any atom is -0.349 e. The van der Waals surface area contributed by atoms with Crippen molar-refractivity contribution in [3.05, 3.63) is 16.6 Å². The summed E-state index contributed by atoms with van der Waals surface area (Å²) in [5.41, 5.74) is -0.0906. The molecule has 20 heavy (non-hydrogen) atoms. The molecule has 1 aromatic rings. The molecule has 1 N–H and O–H groups in total. The number of nitrogens with zero attached hydrogens (tertiary/aromatic N) is 3. The first kappa shape index (κ1) is 16.7. The third-order valence-electron chi connectivity index (χ3n) is 2.80. The molecule has 2 rings (SSSR count). The second kappa shape index (κ2) is 6.89. The van der Waals surface area contributed by atoms with Crippen molar-refractivity contribution in [3.63, 3.8) is 0 Å². The average Bonchev–Trinajstić information content (AvgIpc) is 2.43. The average molecular weight is 300 g/mol. The Morgan fingerprint density at radius 1 is 1.30 bits per heavy atom. The molecule has 1 saturated heterocycles. The molecule has 1 aliphatic heterocycles. The van der Waals surface area contributed by atoms with E-state index < -0.39 is 10.0 Å². The lowest BCUT2D eigenvalue weighted by Crippen LogP contribution is -2.50. The maximum absolute atomic E-state index is 11.6. The Hall–Kier alpha value is -1.35. The van der Waals surface area contributed by atoms with Crippen molar-refractivity contribution in [2.45, 2.75) is 13.8 Å². The molecule has 9 heteroatoms. The lowest BCUT2D eigenvalue weighted by Gasteiger charge is -2.33. The maximum atomic E-state index is 11.6. The van der Waals surface area contributed by atoms with E-state index in [0.717, 1.165) is 0 Å².